The molecule has 0 aliphatic carbocycles. The smallest absolute Gasteiger partial charge is 0.225 e. The van der Waals surface area contributed by atoms with Gasteiger partial charge in [0, 0.05) is 51.2 Å². The molecule has 1 saturated heterocycles. The second-order valence-corrected chi connectivity index (χ2v) is 5.23. The van der Waals surface area contributed by atoms with Crippen LogP contribution in [0.15, 0.2) is 12.4 Å². The van der Waals surface area contributed by atoms with Crippen LogP contribution in [0.1, 0.15) is 25.3 Å². The van der Waals surface area contributed by atoms with Crippen LogP contribution in [-0.4, -0.2) is 43.3 Å². The van der Waals surface area contributed by atoms with Crippen LogP contribution in [0.2, 0.25) is 0 Å². The van der Waals surface area contributed by atoms with Crippen molar-refractivity contribution in [3.8, 4) is 0 Å². The van der Waals surface area contributed by atoms with Crippen molar-refractivity contribution in [1.82, 2.24) is 15.3 Å². The Labute approximate surface area is 115 Å². The van der Waals surface area contributed by atoms with Crippen LogP contribution in [0.25, 0.3) is 0 Å². The van der Waals surface area contributed by atoms with Gasteiger partial charge in [0.2, 0.25) is 5.95 Å². The summed E-state index contributed by atoms with van der Waals surface area (Å²) in [6.07, 6.45) is 6.31. The van der Waals surface area contributed by atoms with E-state index >= 15 is 0 Å². The number of hydrogen-bond donors (Lipinski definition) is 1. The van der Waals surface area contributed by atoms with Crippen LogP contribution in [-0.2, 0) is 11.3 Å². The summed E-state index contributed by atoms with van der Waals surface area (Å²) in [6.45, 7) is 6.83. The fourth-order valence-electron chi connectivity index (χ4n) is 2.22. The Balaban J connectivity index is 1.81. The highest BCUT2D eigenvalue weighted by Crippen LogP contribution is 2.19. The molecule has 1 aromatic heterocycles. The van der Waals surface area contributed by atoms with E-state index in [0.717, 1.165) is 50.2 Å². The van der Waals surface area contributed by atoms with E-state index in [2.05, 4.69) is 27.1 Å². The summed E-state index contributed by atoms with van der Waals surface area (Å²) in [4.78, 5) is 11.2. The molecule has 0 saturated carbocycles. The van der Waals surface area contributed by atoms with Gasteiger partial charge in [-0.1, -0.05) is 6.92 Å². The van der Waals surface area contributed by atoms with Gasteiger partial charge in [0.15, 0.2) is 0 Å². The Morgan fingerprint density at radius 2 is 2.00 bits per heavy atom. The molecule has 19 heavy (non-hydrogen) atoms. The molecule has 0 atom stereocenters. The summed E-state index contributed by atoms with van der Waals surface area (Å²) in [5, 5.41) is 3.29. The molecule has 1 aliphatic heterocycles. The Morgan fingerprint density at radius 1 is 1.32 bits per heavy atom. The summed E-state index contributed by atoms with van der Waals surface area (Å²) in [7, 11) is 1.71. The second-order valence-electron chi connectivity index (χ2n) is 5.23. The predicted molar refractivity (Wildman–Crippen MR) is 76.2 cm³/mol. The summed E-state index contributed by atoms with van der Waals surface area (Å²) in [5.41, 5.74) is 1.12. The largest absolute Gasteiger partial charge is 0.383 e. The molecule has 0 radical (unpaired) electrons. The first-order valence-electron chi connectivity index (χ1n) is 7.05. The molecule has 0 amide bonds. The van der Waals surface area contributed by atoms with Crippen LogP contribution < -0.4 is 10.2 Å². The number of hydrogen-bond acceptors (Lipinski definition) is 5. The van der Waals surface area contributed by atoms with E-state index in [4.69, 9.17) is 4.74 Å². The lowest BCUT2D eigenvalue weighted by atomic mass is 10.00. The molecule has 1 aliphatic rings. The van der Waals surface area contributed by atoms with Gasteiger partial charge >= 0.3 is 0 Å². The third kappa shape index (κ3) is 4.44. The van der Waals surface area contributed by atoms with Gasteiger partial charge in [-0.15, -0.1) is 0 Å². The van der Waals surface area contributed by atoms with Crippen molar-refractivity contribution in [3.05, 3.63) is 18.0 Å². The topological polar surface area (TPSA) is 50.3 Å². The highest BCUT2D eigenvalue weighted by atomic mass is 16.5. The average molecular weight is 264 g/mol. The lowest BCUT2D eigenvalue weighted by Crippen LogP contribution is -2.34. The van der Waals surface area contributed by atoms with Gasteiger partial charge in [0.1, 0.15) is 0 Å². The maximum absolute atomic E-state index is 4.99. The van der Waals surface area contributed by atoms with E-state index in [0.29, 0.717) is 0 Å². The molecule has 5 heteroatoms. The van der Waals surface area contributed by atoms with Gasteiger partial charge in [0.25, 0.3) is 0 Å². The van der Waals surface area contributed by atoms with Crippen LogP contribution in [0, 0.1) is 5.92 Å². The number of aromatic nitrogens is 2. The molecular weight excluding hydrogens is 240 g/mol. The molecule has 0 spiro atoms. The summed E-state index contributed by atoms with van der Waals surface area (Å²) < 4.78 is 4.99. The number of methoxy groups -OCH3 is 1. The first kappa shape index (κ1) is 14.2. The molecule has 0 aromatic carbocycles. The third-order valence-corrected chi connectivity index (χ3v) is 3.57. The lowest BCUT2D eigenvalue weighted by Gasteiger charge is -2.30. The van der Waals surface area contributed by atoms with E-state index < -0.39 is 0 Å². The molecule has 1 aromatic rings. The third-order valence-electron chi connectivity index (χ3n) is 3.57. The molecule has 1 N–H and O–H groups in total. The normalized spacial score (nSPS) is 16.8. The second kappa shape index (κ2) is 7.40. The minimum absolute atomic E-state index is 0.727. The summed E-state index contributed by atoms with van der Waals surface area (Å²) in [5.74, 6) is 1.70. The molecule has 2 rings (SSSR count). The number of anilines is 1. The standard InChI is InChI=1S/C14H24N4O/c1-12-3-6-18(7-4-12)14-16-10-13(11-17-14)9-15-5-8-19-2/h10-12,15H,3-9H2,1-2H3. The monoisotopic (exact) mass is 264 g/mol. The fraction of sp³-hybridized carbons (Fsp3) is 0.714. The first-order chi connectivity index (χ1) is 9.29. The van der Waals surface area contributed by atoms with Crippen LogP contribution >= 0.6 is 0 Å². The van der Waals surface area contributed by atoms with E-state index in [1.54, 1.807) is 7.11 Å². The first-order valence-corrected chi connectivity index (χ1v) is 7.05. The highest BCUT2D eigenvalue weighted by molar-refractivity contribution is 5.30. The zero-order valence-electron chi connectivity index (χ0n) is 11.9. The van der Waals surface area contributed by atoms with Crippen molar-refractivity contribution in [2.24, 2.45) is 5.92 Å². The van der Waals surface area contributed by atoms with Crippen molar-refractivity contribution in [3.63, 3.8) is 0 Å². The van der Waals surface area contributed by atoms with Gasteiger partial charge in [-0.25, -0.2) is 9.97 Å². The zero-order valence-corrected chi connectivity index (χ0v) is 11.9. The van der Waals surface area contributed by atoms with Crippen LogP contribution in [0.3, 0.4) is 0 Å². The number of nitrogens with zero attached hydrogens (tertiary/aromatic N) is 3. The Bertz CT molecular complexity index is 360. The zero-order chi connectivity index (χ0) is 13.5. The Hall–Kier alpha value is -1.20. The van der Waals surface area contributed by atoms with Crippen molar-refractivity contribution < 1.29 is 4.74 Å². The number of rotatable bonds is 6. The average Bonchev–Trinajstić information content (AvgIpc) is 2.45. The van der Waals surface area contributed by atoms with E-state index in [1.807, 2.05) is 12.4 Å². The SMILES string of the molecule is COCCNCc1cnc(N2CCC(C)CC2)nc1. The number of ether oxygens (including phenoxy) is 1. The van der Waals surface area contributed by atoms with Crippen LogP contribution in [0.4, 0.5) is 5.95 Å². The van der Waals surface area contributed by atoms with Gasteiger partial charge in [-0.2, -0.15) is 0 Å². The van der Waals surface area contributed by atoms with Crippen molar-refractivity contribution >= 4 is 5.95 Å². The molecule has 5 nitrogen and oxygen atoms in total. The minimum atomic E-state index is 0.727. The van der Waals surface area contributed by atoms with Gasteiger partial charge in [0.05, 0.1) is 6.61 Å². The van der Waals surface area contributed by atoms with Crippen molar-refractivity contribution in [2.45, 2.75) is 26.3 Å². The fourth-order valence-corrected chi connectivity index (χ4v) is 2.22. The van der Waals surface area contributed by atoms with E-state index in [-0.39, 0.29) is 0 Å². The number of nitrogens with one attached hydrogen (secondary N) is 1. The predicted octanol–water partition coefficient (Wildman–Crippen LogP) is 1.45. The van der Waals surface area contributed by atoms with Crippen molar-refractivity contribution in [1.29, 1.82) is 0 Å². The maximum atomic E-state index is 4.99. The quantitative estimate of drug-likeness (QED) is 0.788. The van der Waals surface area contributed by atoms with Gasteiger partial charge in [-0.05, 0) is 18.8 Å². The van der Waals surface area contributed by atoms with Gasteiger partial charge in [-0.3, -0.25) is 0 Å². The molecule has 106 valence electrons. The summed E-state index contributed by atoms with van der Waals surface area (Å²) >= 11 is 0. The van der Waals surface area contributed by atoms with E-state index in [1.165, 1.54) is 12.8 Å². The Kier molecular flexibility index (Phi) is 5.54. The molecule has 2 heterocycles. The van der Waals surface area contributed by atoms with E-state index in [9.17, 15) is 0 Å². The summed E-state index contributed by atoms with van der Waals surface area (Å²) in [6, 6.07) is 0. The molecule has 0 unspecified atom stereocenters. The maximum Gasteiger partial charge on any atom is 0.225 e. The highest BCUT2D eigenvalue weighted by Gasteiger charge is 2.17. The lowest BCUT2D eigenvalue weighted by molar-refractivity contribution is 0.199. The molecule has 0 bridgehead atoms. The van der Waals surface area contributed by atoms with Crippen LogP contribution in [0.5, 0.6) is 0 Å². The molecule has 1 fully saturated rings. The minimum Gasteiger partial charge on any atom is -0.383 e. The Morgan fingerprint density at radius 3 is 2.63 bits per heavy atom. The van der Waals surface area contributed by atoms with Crippen molar-refractivity contribution in [2.75, 3.05) is 38.3 Å². The number of piperidine rings is 1. The molecular formula is C14H24N4O. The van der Waals surface area contributed by atoms with Gasteiger partial charge < -0.3 is 15.0 Å².